The first-order valence-corrected chi connectivity index (χ1v) is 8.51. The van der Waals surface area contributed by atoms with Crippen LogP contribution in [0.5, 0.6) is 0 Å². The zero-order valence-electron chi connectivity index (χ0n) is 15.1. The minimum atomic E-state index is -0.318. The van der Waals surface area contributed by atoms with E-state index in [-0.39, 0.29) is 5.60 Å². The van der Waals surface area contributed by atoms with Crippen molar-refractivity contribution < 1.29 is 14.1 Å². The largest absolute Gasteiger partial charge is 0.462 e. The first-order chi connectivity index (χ1) is 12.0. The topological polar surface area (TPSA) is 90.1 Å². The van der Waals surface area contributed by atoms with E-state index in [1.807, 2.05) is 39.1 Å². The van der Waals surface area contributed by atoms with Gasteiger partial charge < -0.3 is 14.6 Å². The molecule has 1 saturated heterocycles. The van der Waals surface area contributed by atoms with E-state index in [0.29, 0.717) is 18.8 Å². The molecule has 25 heavy (non-hydrogen) atoms. The smallest absolute Gasteiger partial charge is 0.293 e. The van der Waals surface area contributed by atoms with Gasteiger partial charge in [0.1, 0.15) is 5.60 Å². The summed E-state index contributed by atoms with van der Waals surface area (Å²) in [6.45, 7) is 7.99. The van der Waals surface area contributed by atoms with Crippen molar-refractivity contribution in [2.24, 2.45) is 0 Å². The number of hydrogen-bond donors (Lipinski definition) is 1. The molecule has 3 heterocycles. The predicted octanol–water partition coefficient (Wildman–Crippen LogP) is 2.48. The van der Waals surface area contributed by atoms with Crippen LogP contribution in [-0.2, 0) is 16.0 Å². The van der Waals surface area contributed by atoms with Gasteiger partial charge in [-0.25, -0.2) is 0 Å². The number of carbonyl (C=O) groups excluding carboxylic acids is 1. The maximum Gasteiger partial charge on any atom is 0.293 e. The molecule has 1 fully saturated rings. The first-order valence-electron chi connectivity index (χ1n) is 8.51. The molecule has 0 spiro atoms. The van der Waals surface area contributed by atoms with E-state index in [0.717, 1.165) is 43.2 Å². The zero-order chi connectivity index (χ0) is 18.1. The van der Waals surface area contributed by atoms with Gasteiger partial charge in [0.25, 0.3) is 6.47 Å². The number of pyridine rings is 1. The Bertz CT molecular complexity index is 631. The van der Waals surface area contributed by atoms with Crippen LogP contribution in [0.2, 0.25) is 0 Å². The second-order valence-corrected chi connectivity index (χ2v) is 6.94. The van der Waals surface area contributed by atoms with Crippen molar-refractivity contribution >= 4 is 6.47 Å². The van der Waals surface area contributed by atoms with Crippen molar-refractivity contribution in [3.05, 3.63) is 41.8 Å². The molecule has 7 nitrogen and oxygen atoms in total. The van der Waals surface area contributed by atoms with E-state index in [1.165, 1.54) is 0 Å². The number of aromatic nitrogens is 3. The summed E-state index contributed by atoms with van der Waals surface area (Å²) in [6, 6.07) is 3.94. The van der Waals surface area contributed by atoms with Crippen LogP contribution >= 0.6 is 0 Å². The van der Waals surface area contributed by atoms with Gasteiger partial charge in [-0.15, -0.1) is 0 Å². The Balaban J connectivity index is 0.000000277. The Morgan fingerprint density at radius 1 is 1.36 bits per heavy atom. The fraction of sp³-hybridized carbons (Fsp3) is 0.556. The SMILES string of the molecule is CC(C)(C)OC=O.c1cncc(Cc2noc(C3CCNCC3)n2)c1. The maximum absolute atomic E-state index is 9.60. The molecular formula is C18H26N4O3. The molecule has 0 aromatic carbocycles. The summed E-state index contributed by atoms with van der Waals surface area (Å²) in [4.78, 5) is 18.2. The van der Waals surface area contributed by atoms with Crippen LogP contribution in [0.3, 0.4) is 0 Å². The summed E-state index contributed by atoms with van der Waals surface area (Å²) >= 11 is 0. The fourth-order valence-corrected chi connectivity index (χ4v) is 2.40. The Kier molecular flexibility index (Phi) is 7.06. The quantitative estimate of drug-likeness (QED) is 0.851. The monoisotopic (exact) mass is 346 g/mol. The van der Waals surface area contributed by atoms with E-state index in [9.17, 15) is 4.79 Å². The Hall–Kier alpha value is -2.28. The zero-order valence-corrected chi connectivity index (χ0v) is 15.1. The summed E-state index contributed by atoms with van der Waals surface area (Å²) in [5.41, 5.74) is 0.789. The number of rotatable bonds is 4. The number of piperidine rings is 1. The summed E-state index contributed by atoms with van der Waals surface area (Å²) in [5, 5.41) is 7.39. The number of ether oxygens (including phenoxy) is 1. The third-order valence-corrected chi connectivity index (χ3v) is 3.66. The molecule has 2 aromatic heterocycles. The van der Waals surface area contributed by atoms with Crippen LogP contribution in [0, 0.1) is 0 Å². The van der Waals surface area contributed by atoms with Gasteiger partial charge in [-0.3, -0.25) is 9.78 Å². The highest BCUT2D eigenvalue weighted by Crippen LogP contribution is 2.23. The molecule has 0 amide bonds. The van der Waals surface area contributed by atoms with Gasteiger partial charge in [-0.1, -0.05) is 11.2 Å². The average Bonchev–Trinajstić information content (AvgIpc) is 3.05. The van der Waals surface area contributed by atoms with Crippen molar-refractivity contribution in [2.45, 2.75) is 51.6 Å². The molecule has 2 aromatic rings. The van der Waals surface area contributed by atoms with E-state index < -0.39 is 0 Å². The minimum Gasteiger partial charge on any atom is -0.462 e. The molecule has 0 radical (unpaired) electrons. The molecule has 1 N–H and O–H groups in total. The second kappa shape index (κ2) is 9.27. The van der Waals surface area contributed by atoms with E-state index in [1.54, 1.807) is 6.20 Å². The van der Waals surface area contributed by atoms with Gasteiger partial charge in [0.2, 0.25) is 5.89 Å². The van der Waals surface area contributed by atoms with Crippen LogP contribution in [0.4, 0.5) is 0 Å². The number of hydrogen-bond acceptors (Lipinski definition) is 7. The Morgan fingerprint density at radius 3 is 2.68 bits per heavy atom. The number of carbonyl (C=O) groups is 1. The van der Waals surface area contributed by atoms with Crippen molar-refractivity contribution in [2.75, 3.05) is 13.1 Å². The molecule has 0 atom stereocenters. The third kappa shape index (κ3) is 7.01. The van der Waals surface area contributed by atoms with E-state index >= 15 is 0 Å². The molecule has 0 unspecified atom stereocenters. The van der Waals surface area contributed by atoms with Crippen molar-refractivity contribution in [3.8, 4) is 0 Å². The number of nitrogens with zero attached hydrogens (tertiary/aromatic N) is 3. The summed E-state index contributed by atoms with van der Waals surface area (Å²) in [5.74, 6) is 1.95. The summed E-state index contributed by atoms with van der Waals surface area (Å²) < 4.78 is 9.92. The lowest BCUT2D eigenvalue weighted by atomic mass is 9.98. The van der Waals surface area contributed by atoms with Crippen LogP contribution in [0.15, 0.2) is 29.0 Å². The first kappa shape index (κ1) is 19.1. The van der Waals surface area contributed by atoms with Crippen molar-refractivity contribution in [1.82, 2.24) is 20.4 Å². The second-order valence-electron chi connectivity index (χ2n) is 6.94. The van der Waals surface area contributed by atoms with Gasteiger partial charge in [0.05, 0.1) is 0 Å². The highest BCUT2D eigenvalue weighted by molar-refractivity contribution is 5.37. The molecule has 1 aliphatic rings. The van der Waals surface area contributed by atoms with E-state index in [2.05, 4.69) is 25.2 Å². The average molecular weight is 346 g/mol. The molecule has 1 aliphatic heterocycles. The van der Waals surface area contributed by atoms with Crippen molar-refractivity contribution in [1.29, 1.82) is 0 Å². The van der Waals surface area contributed by atoms with Crippen molar-refractivity contribution in [3.63, 3.8) is 0 Å². The lowest BCUT2D eigenvalue weighted by molar-refractivity contribution is -0.138. The maximum atomic E-state index is 9.60. The van der Waals surface area contributed by atoms with Gasteiger partial charge in [-0.2, -0.15) is 4.98 Å². The fourth-order valence-electron chi connectivity index (χ4n) is 2.40. The molecule has 7 heteroatoms. The third-order valence-electron chi connectivity index (χ3n) is 3.66. The van der Waals surface area contributed by atoms with Gasteiger partial charge in [-0.05, 0) is 58.3 Å². The molecule has 3 rings (SSSR count). The Morgan fingerprint density at radius 2 is 2.12 bits per heavy atom. The lowest BCUT2D eigenvalue weighted by Gasteiger charge is -2.18. The molecular weight excluding hydrogens is 320 g/mol. The van der Waals surface area contributed by atoms with Crippen LogP contribution in [-0.4, -0.2) is 40.3 Å². The Labute approximate surface area is 148 Å². The standard InChI is InChI=1S/C13H16N4O.C5H10O2/c1-2-10(9-15-5-1)8-12-16-13(18-17-12)11-3-6-14-7-4-11;1-5(2,3)7-4-6/h1-2,5,9,11,14H,3-4,6-8H2;4H,1-3H3. The molecule has 0 saturated carbocycles. The molecule has 136 valence electrons. The van der Waals surface area contributed by atoms with Gasteiger partial charge in [0.15, 0.2) is 5.82 Å². The van der Waals surface area contributed by atoms with Crippen LogP contribution in [0.25, 0.3) is 0 Å². The van der Waals surface area contributed by atoms with Crippen LogP contribution in [0.1, 0.15) is 56.8 Å². The van der Waals surface area contributed by atoms with Gasteiger partial charge in [0, 0.05) is 24.7 Å². The normalized spacial score (nSPS) is 15.2. The summed E-state index contributed by atoms with van der Waals surface area (Å²) in [6.07, 6.45) is 6.44. The summed E-state index contributed by atoms with van der Waals surface area (Å²) in [7, 11) is 0. The highest BCUT2D eigenvalue weighted by atomic mass is 16.5. The predicted molar refractivity (Wildman–Crippen MR) is 93.1 cm³/mol. The lowest BCUT2D eigenvalue weighted by Crippen LogP contribution is -2.26. The highest BCUT2D eigenvalue weighted by Gasteiger charge is 2.21. The minimum absolute atomic E-state index is 0.318. The molecule has 0 aliphatic carbocycles. The van der Waals surface area contributed by atoms with Crippen LogP contribution < -0.4 is 5.32 Å². The number of nitrogens with one attached hydrogen (secondary N) is 1. The molecule has 0 bridgehead atoms. The van der Waals surface area contributed by atoms with E-state index in [4.69, 9.17) is 4.52 Å². The van der Waals surface area contributed by atoms with Gasteiger partial charge >= 0.3 is 0 Å².